The van der Waals surface area contributed by atoms with Gasteiger partial charge in [-0.1, -0.05) is 66.7 Å². The molecule has 0 bridgehead atoms. The van der Waals surface area contributed by atoms with E-state index in [1.807, 2.05) is 66.9 Å². The van der Waals surface area contributed by atoms with E-state index in [1.54, 1.807) is 35.1 Å². The summed E-state index contributed by atoms with van der Waals surface area (Å²) in [6, 6.07) is 25.9. The summed E-state index contributed by atoms with van der Waals surface area (Å²) >= 11 is 0. The molecule has 0 radical (unpaired) electrons. The topological polar surface area (TPSA) is 111 Å². The maximum atomic E-state index is 13.0. The van der Waals surface area contributed by atoms with Gasteiger partial charge in [0.2, 0.25) is 5.91 Å². The Morgan fingerprint density at radius 1 is 0.784 bits per heavy atom. The van der Waals surface area contributed by atoms with Crippen LogP contribution in [0, 0.1) is 0 Å². The van der Waals surface area contributed by atoms with Gasteiger partial charge in [-0.15, -0.1) is 0 Å². The third-order valence-electron chi connectivity index (χ3n) is 5.87. The van der Waals surface area contributed by atoms with Crippen molar-refractivity contribution in [3.05, 3.63) is 124 Å². The number of para-hydroxylation sites is 1. The lowest BCUT2D eigenvalue weighted by atomic mass is 10.1. The molecule has 9 heteroatoms. The van der Waals surface area contributed by atoms with Crippen LogP contribution in [0.15, 0.2) is 102 Å². The molecule has 2 N–H and O–H groups in total. The van der Waals surface area contributed by atoms with Crippen LogP contribution in [0.25, 0.3) is 16.5 Å². The molecule has 0 saturated heterocycles. The van der Waals surface area contributed by atoms with E-state index in [9.17, 15) is 14.4 Å². The summed E-state index contributed by atoms with van der Waals surface area (Å²) in [4.78, 5) is 38.4. The highest BCUT2D eigenvalue weighted by Gasteiger charge is 2.17. The van der Waals surface area contributed by atoms with E-state index in [0.29, 0.717) is 17.2 Å². The number of fused-ring (bicyclic) bond motifs is 1. The maximum Gasteiger partial charge on any atom is 0.290 e. The van der Waals surface area contributed by atoms with Gasteiger partial charge in [0, 0.05) is 18.0 Å². The standard InChI is InChI=1S/C28H24N6O3/c35-25(16-15-21-17-29-33(19-21)22-11-5-2-6-12-22)30-31-27(36)26-23-13-7-8-14-24(23)28(37)34(32-26)18-20-9-3-1-4-10-20/h1-14,17,19H,15-16,18H2,(H,30,35)(H,31,36). The van der Waals surface area contributed by atoms with Crippen LogP contribution in [-0.2, 0) is 17.8 Å². The molecule has 0 fully saturated rings. The molecule has 0 saturated carbocycles. The largest absolute Gasteiger partial charge is 0.290 e. The number of amides is 2. The van der Waals surface area contributed by atoms with Crippen LogP contribution >= 0.6 is 0 Å². The molecule has 2 amide bonds. The minimum atomic E-state index is -0.608. The zero-order valence-electron chi connectivity index (χ0n) is 19.9. The monoisotopic (exact) mass is 492 g/mol. The van der Waals surface area contributed by atoms with Crippen molar-refractivity contribution in [3.8, 4) is 5.69 Å². The molecule has 184 valence electrons. The molecule has 3 aromatic carbocycles. The summed E-state index contributed by atoms with van der Waals surface area (Å²) in [6.07, 6.45) is 4.19. The number of aryl methyl sites for hydroxylation is 1. The quantitative estimate of drug-likeness (QED) is 0.339. The second kappa shape index (κ2) is 10.7. The highest BCUT2D eigenvalue weighted by molar-refractivity contribution is 6.05. The number of rotatable bonds is 7. The lowest BCUT2D eigenvalue weighted by Gasteiger charge is -2.12. The van der Waals surface area contributed by atoms with Crippen molar-refractivity contribution in [2.75, 3.05) is 0 Å². The Bertz CT molecular complexity index is 1610. The van der Waals surface area contributed by atoms with Gasteiger partial charge in [-0.25, -0.2) is 9.36 Å². The van der Waals surface area contributed by atoms with Gasteiger partial charge >= 0.3 is 0 Å². The first-order chi connectivity index (χ1) is 18.1. The van der Waals surface area contributed by atoms with Crippen molar-refractivity contribution in [3.63, 3.8) is 0 Å². The number of carbonyl (C=O) groups is 2. The minimum Gasteiger partial charge on any atom is -0.273 e. The molecule has 9 nitrogen and oxygen atoms in total. The molecule has 0 spiro atoms. The summed E-state index contributed by atoms with van der Waals surface area (Å²) in [6.45, 7) is 0.216. The van der Waals surface area contributed by atoms with Crippen molar-refractivity contribution in [2.45, 2.75) is 19.4 Å². The van der Waals surface area contributed by atoms with Crippen molar-refractivity contribution in [1.82, 2.24) is 30.4 Å². The molecular weight excluding hydrogens is 468 g/mol. The Labute approximate surface area is 212 Å². The van der Waals surface area contributed by atoms with Gasteiger partial charge in [-0.3, -0.25) is 25.2 Å². The van der Waals surface area contributed by atoms with Gasteiger partial charge < -0.3 is 0 Å². The number of hydrogen-bond donors (Lipinski definition) is 2. The van der Waals surface area contributed by atoms with Gasteiger partial charge in [0.15, 0.2) is 5.69 Å². The first-order valence-corrected chi connectivity index (χ1v) is 11.8. The van der Waals surface area contributed by atoms with E-state index in [1.165, 1.54) is 4.68 Å². The number of hydrazine groups is 1. The molecular formula is C28H24N6O3. The molecule has 37 heavy (non-hydrogen) atoms. The maximum absolute atomic E-state index is 13.0. The lowest BCUT2D eigenvalue weighted by Crippen LogP contribution is -2.43. The Hall–Kier alpha value is -5.05. The zero-order valence-corrected chi connectivity index (χ0v) is 19.9. The fourth-order valence-corrected chi connectivity index (χ4v) is 3.98. The lowest BCUT2D eigenvalue weighted by molar-refractivity contribution is -0.121. The zero-order chi connectivity index (χ0) is 25.6. The number of benzene rings is 3. The van der Waals surface area contributed by atoms with Crippen LogP contribution in [0.5, 0.6) is 0 Å². The molecule has 2 aromatic heterocycles. The summed E-state index contributed by atoms with van der Waals surface area (Å²) in [5.41, 5.74) is 7.33. The predicted molar refractivity (Wildman–Crippen MR) is 139 cm³/mol. The van der Waals surface area contributed by atoms with E-state index in [0.717, 1.165) is 16.8 Å². The van der Waals surface area contributed by atoms with Crippen LogP contribution in [0.4, 0.5) is 0 Å². The van der Waals surface area contributed by atoms with E-state index in [4.69, 9.17) is 0 Å². The molecule has 0 aliphatic carbocycles. The second-order valence-electron chi connectivity index (χ2n) is 8.47. The molecule has 5 rings (SSSR count). The molecule has 0 aliphatic heterocycles. The Kier molecular flexibility index (Phi) is 6.84. The van der Waals surface area contributed by atoms with Crippen molar-refractivity contribution in [1.29, 1.82) is 0 Å². The van der Waals surface area contributed by atoms with E-state index in [-0.39, 0.29) is 30.1 Å². The predicted octanol–water partition coefficient (Wildman–Crippen LogP) is 3.02. The number of aromatic nitrogens is 4. The minimum absolute atomic E-state index is 0.0515. The van der Waals surface area contributed by atoms with E-state index in [2.05, 4.69) is 21.0 Å². The smallest absolute Gasteiger partial charge is 0.273 e. The summed E-state index contributed by atoms with van der Waals surface area (Å²) < 4.78 is 3.01. The fourth-order valence-electron chi connectivity index (χ4n) is 3.98. The number of carbonyl (C=O) groups excluding carboxylic acids is 2. The Morgan fingerprint density at radius 3 is 2.22 bits per heavy atom. The van der Waals surface area contributed by atoms with Crippen LogP contribution in [0.1, 0.15) is 28.0 Å². The SMILES string of the molecule is O=C(CCc1cnn(-c2ccccc2)c1)NNC(=O)c1nn(Cc2ccccc2)c(=O)c2ccccc12. The van der Waals surface area contributed by atoms with Gasteiger partial charge in [0.05, 0.1) is 23.8 Å². The van der Waals surface area contributed by atoms with Crippen LogP contribution in [0.2, 0.25) is 0 Å². The number of nitrogens with zero attached hydrogens (tertiary/aromatic N) is 4. The van der Waals surface area contributed by atoms with Gasteiger partial charge in [0.1, 0.15) is 0 Å². The van der Waals surface area contributed by atoms with Crippen LogP contribution in [-0.4, -0.2) is 31.4 Å². The van der Waals surface area contributed by atoms with Crippen molar-refractivity contribution >= 4 is 22.6 Å². The molecule has 2 heterocycles. The Balaban J connectivity index is 1.25. The average Bonchev–Trinajstić information content (AvgIpc) is 3.42. The highest BCUT2D eigenvalue weighted by atomic mass is 16.2. The van der Waals surface area contributed by atoms with Crippen LogP contribution in [0.3, 0.4) is 0 Å². The third-order valence-corrected chi connectivity index (χ3v) is 5.87. The molecule has 0 unspecified atom stereocenters. The first kappa shape index (κ1) is 23.7. The van der Waals surface area contributed by atoms with E-state index < -0.39 is 5.91 Å². The average molecular weight is 493 g/mol. The van der Waals surface area contributed by atoms with Crippen molar-refractivity contribution in [2.24, 2.45) is 0 Å². The third kappa shape index (κ3) is 5.46. The summed E-state index contributed by atoms with van der Waals surface area (Å²) in [7, 11) is 0. The van der Waals surface area contributed by atoms with Gasteiger partial charge in [0.25, 0.3) is 11.5 Å². The summed E-state index contributed by atoms with van der Waals surface area (Å²) in [5, 5.41) is 9.45. The van der Waals surface area contributed by atoms with Crippen LogP contribution < -0.4 is 16.4 Å². The van der Waals surface area contributed by atoms with Gasteiger partial charge in [-0.05, 0) is 35.7 Å². The second-order valence-corrected chi connectivity index (χ2v) is 8.47. The molecule has 5 aromatic rings. The molecule has 0 atom stereocenters. The van der Waals surface area contributed by atoms with Gasteiger partial charge in [-0.2, -0.15) is 10.2 Å². The fraction of sp³-hybridized carbons (Fsp3) is 0.107. The Morgan fingerprint density at radius 2 is 1.46 bits per heavy atom. The normalized spacial score (nSPS) is 10.8. The molecule has 0 aliphatic rings. The van der Waals surface area contributed by atoms with Crippen molar-refractivity contribution < 1.29 is 9.59 Å². The first-order valence-electron chi connectivity index (χ1n) is 11.8. The summed E-state index contributed by atoms with van der Waals surface area (Å²) in [5.74, 6) is -0.967. The number of hydrogen-bond acceptors (Lipinski definition) is 5. The highest BCUT2D eigenvalue weighted by Crippen LogP contribution is 2.14. The van der Waals surface area contributed by atoms with E-state index >= 15 is 0 Å². The number of nitrogens with one attached hydrogen (secondary N) is 2.